The van der Waals surface area contributed by atoms with Gasteiger partial charge in [0.15, 0.2) is 0 Å². The van der Waals surface area contributed by atoms with Crippen molar-refractivity contribution >= 4 is 21.7 Å². The van der Waals surface area contributed by atoms with Crippen LogP contribution in [0.5, 0.6) is 0 Å². The van der Waals surface area contributed by atoms with E-state index in [0.717, 1.165) is 5.69 Å². The molecule has 48 valence electrons. The van der Waals surface area contributed by atoms with Gasteiger partial charge in [-0.3, -0.25) is 0 Å². The first kappa shape index (κ1) is 7.19. The van der Waals surface area contributed by atoms with Gasteiger partial charge in [0.2, 0.25) is 0 Å². The van der Waals surface area contributed by atoms with Crippen LogP contribution >= 0.6 is 0 Å². The number of rotatable bonds is 1. The van der Waals surface area contributed by atoms with Gasteiger partial charge in [0.05, 0.1) is 0 Å². The molecule has 0 spiro atoms. The molecule has 0 saturated carbocycles. The number of aryl methyl sites for hydroxylation is 1. The molecule has 0 atom stereocenters. The molecule has 1 aromatic rings. The SMILES string of the molecule is Cc1cc[n]([In]([CH3])[CH3])n1. The van der Waals surface area contributed by atoms with Gasteiger partial charge in [-0.25, -0.2) is 0 Å². The zero-order chi connectivity index (χ0) is 6.85. The fourth-order valence-corrected chi connectivity index (χ4v) is 3.13. The van der Waals surface area contributed by atoms with Crippen molar-refractivity contribution in [2.75, 3.05) is 0 Å². The van der Waals surface area contributed by atoms with Crippen molar-refractivity contribution in [1.29, 1.82) is 0 Å². The monoisotopic (exact) mass is 226 g/mol. The van der Waals surface area contributed by atoms with E-state index in [0.29, 0.717) is 0 Å². The van der Waals surface area contributed by atoms with Crippen molar-refractivity contribution in [3.05, 3.63) is 18.0 Å². The van der Waals surface area contributed by atoms with E-state index in [9.17, 15) is 0 Å². The Balaban J connectivity index is 2.85. The van der Waals surface area contributed by atoms with E-state index in [1.54, 1.807) is 0 Å². The van der Waals surface area contributed by atoms with Gasteiger partial charge in [0.1, 0.15) is 0 Å². The third-order valence-corrected chi connectivity index (χ3v) is 5.11. The van der Waals surface area contributed by atoms with Crippen molar-refractivity contribution < 1.29 is 0 Å². The molecule has 0 fully saturated rings. The van der Waals surface area contributed by atoms with Crippen molar-refractivity contribution in [2.45, 2.75) is 16.3 Å². The number of hydrogen-bond donors (Lipinski definition) is 0. The molecule has 2 nitrogen and oxygen atoms in total. The molecule has 1 aromatic heterocycles. The van der Waals surface area contributed by atoms with Gasteiger partial charge in [-0.2, -0.15) is 0 Å². The molecule has 0 aliphatic carbocycles. The molecule has 0 saturated heterocycles. The average molecular weight is 226 g/mol. The summed E-state index contributed by atoms with van der Waals surface area (Å²) in [5.74, 6) is 0. The normalized spacial score (nSPS) is 9.67. The van der Waals surface area contributed by atoms with E-state index >= 15 is 0 Å². The van der Waals surface area contributed by atoms with Gasteiger partial charge in [0.25, 0.3) is 0 Å². The molecule has 1 heterocycles. The van der Waals surface area contributed by atoms with Crippen LogP contribution in [0.4, 0.5) is 0 Å². The zero-order valence-corrected chi connectivity index (χ0v) is 9.42. The second-order valence-electron chi connectivity index (χ2n) is 2.53. The van der Waals surface area contributed by atoms with Crippen LogP contribution in [-0.2, 0) is 0 Å². The fourth-order valence-electron chi connectivity index (χ4n) is 0.721. The predicted octanol–water partition coefficient (Wildman–Crippen LogP) is 1.29. The van der Waals surface area contributed by atoms with Crippen molar-refractivity contribution in [1.82, 2.24) is 7.77 Å². The molecule has 0 aliphatic rings. The van der Waals surface area contributed by atoms with Crippen LogP contribution in [0.15, 0.2) is 12.3 Å². The maximum atomic E-state index is 4.32. The summed E-state index contributed by atoms with van der Waals surface area (Å²) in [7, 11) is 0. The molecule has 0 amide bonds. The van der Waals surface area contributed by atoms with Gasteiger partial charge in [-0.1, -0.05) is 0 Å². The first-order valence-electron chi connectivity index (χ1n) is 3.22. The molecular weight excluding hydrogens is 215 g/mol. The van der Waals surface area contributed by atoms with Crippen LogP contribution in [0.25, 0.3) is 0 Å². The number of aromatic nitrogens is 2. The fraction of sp³-hybridized carbons (Fsp3) is 0.500. The molecule has 0 N–H and O–H groups in total. The van der Waals surface area contributed by atoms with Gasteiger partial charge < -0.3 is 0 Å². The van der Waals surface area contributed by atoms with E-state index in [-0.39, 0.29) is 0 Å². The molecule has 0 aromatic carbocycles. The Morgan fingerprint density at radius 3 is 2.44 bits per heavy atom. The Hall–Kier alpha value is 0.0801. The Kier molecular flexibility index (Phi) is 2.22. The van der Waals surface area contributed by atoms with Gasteiger partial charge >= 0.3 is 63.7 Å². The molecular formula is C6H11InN2. The summed E-state index contributed by atoms with van der Waals surface area (Å²) in [6.07, 6.45) is 2.09. The first-order chi connectivity index (χ1) is 4.20. The Labute approximate surface area is 63.8 Å². The summed E-state index contributed by atoms with van der Waals surface area (Å²) in [5.41, 5.74) is 1.14. The third-order valence-electron chi connectivity index (χ3n) is 1.27. The summed E-state index contributed by atoms with van der Waals surface area (Å²) in [6, 6.07) is 2.07. The maximum absolute atomic E-state index is 4.32. The minimum absolute atomic E-state index is 1.14. The standard InChI is InChI=1S/C4H5N2.2CH3.In/c1-4-2-3-5-6-4;;;/h2-3H,1H3;2*1H3;/q-1;;;+1. The summed E-state index contributed by atoms with van der Waals surface area (Å²) in [4.78, 5) is 0. The molecule has 0 radical (unpaired) electrons. The van der Waals surface area contributed by atoms with E-state index in [2.05, 4.69) is 29.4 Å². The zero-order valence-electron chi connectivity index (χ0n) is 6.13. The second-order valence-corrected chi connectivity index (χ2v) is 10.3. The summed E-state index contributed by atoms with van der Waals surface area (Å²) in [5, 5.41) is 4.32. The van der Waals surface area contributed by atoms with Crippen LogP contribution in [0, 0.1) is 6.92 Å². The molecule has 9 heavy (non-hydrogen) atoms. The summed E-state index contributed by atoms with van der Waals surface area (Å²) < 4.78 is 6.82. The van der Waals surface area contributed by atoms with Crippen LogP contribution in [0.2, 0.25) is 9.36 Å². The Morgan fingerprint density at radius 2 is 2.22 bits per heavy atom. The quantitative estimate of drug-likeness (QED) is 0.705. The number of nitrogens with zero attached hydrogens (tertiary/aromatic N) is 2. The van der Waals surface area contributed by atoms with E-state index in [4.69, 9.17) is 0 Å². The molecule has 0 aliphatic heterocycles. The van der Waals surface area contributed by atoms with Crippen LogP contribution in [0.3, 0.4) is 0 Å². The van der Waals surface area contributed by atoms with Crippen LogP contribution in [0.1, 0.15) is 5.69 Å². The molecule has 0 bridgehead atoms. The van der Waals surface area contributed by atoms with Crippen LogP contribution < -0.4 is 0 Å². The Bertz CT molecular complexity index is 193. The van der Waals surface area contributed by atoms with Crippen molar-refractivity contribution in [2.24, 2.45) is 0 Å². The number of hydrogen-bond acceptors (Lipinski definition) is 1. The van der Waals surface area contributed by atoms with Crippen molar-refractivity contribution in [3.8, 4) is 0 Å². The minimum atomic E-state index is -1.31. The Morgan fingerprint density at radius 1 is 1.56 bits per heavy atom. The predicted molar refractivity (Wildman–Crippen MR) is 39.8 cm³/mol. The summed E-state index contributed by atoms with van der Waals surface area (Å²) in [6.45, 7) is 2.03. The topological polar surface area (TPSA) is 17.8 Å². The average Bonchev–Trinajstić information content (AvgIpc) is 2.14. The van der Waals surface area contributed by atoms with Gasteiger partial charge in [-0.15, -0.1) is 0 Å². The van der Waals surface area contributed by atoms with Gasteiger partial charge in [0, 0.05) is 0 Å². The van der Waals surface area contributed by atoms with Crippen LogP contribution in [-0.4, -0.2) is 29.5 Å². The van der Waals surface area contributed by atoms with E-state index in [1.165, 1.54) is 0 Å². The molecule has 1 rings (SSSR count). The van der Waals surface area contributed by atoms with Crippen molar-refractivity contribution in [3.63, 3.8) is 0 Å². The molecule has 0 unspecified atom stereocenters. The van der Waals surface area contributed by atoms with E-state index < -0.39 is 21.7 Å². The second kappa shape index (κ2) is 2.78. The summed E-state index contributed by atoms with van der Waals surface area (Å²) >= 11 is -1.31. The van der Waals surface area contributed by atoms with E-state index in [1.807, 2.05) is 6.92 Å². The first-order valence-corrected chi connectivity index (χ1v) is 11.3. The van der Waals surface area contributed by atoms with Gasteiger partial charge in [-0.05, 0) is 0 Å². The third kappa shape index (κ3) is 1.75. The molecule has 3 heteroatoms.